The Morgan fingerprint density at radius 1 is 1.21 bits per heavy atom. The molecule has 102 valence electrons. The summed E-state index contributed by atoms with van der Waals surface area (Å²) in [6.45, 7) is 6.50. The molecule has 0 spiro atoms. The second-order valence-electron chi connectivity index (χ2n) is 5.52. The quantitative estimate of drug-likeness (QED) is 0.746. The molecule has 1 unspecified atom stereocenters. The van der Waals surface area contributed by atoms with Gasteiger partial charge in [-0.25, -0.2) is 0 Å². The Labute approximate surface area is 131 Å². The number of aliphatic hydroxyl groups is 1. The second kappa shape index (κ2) is 5.57. The smallest absolute Gasteiger partial charge is 0.115 e. The molecule has 0 amide bonds. The first-order chi connectivity index (χ1) is 8.79. The molecule has 1 aromatic carbocycles. The molecule has 0 aliphatic carbocycles. The zero-order valence-corrected chi connectivity index (χ0v) is 14.2. The fourth-order valence-corrected chi connectivity index (χ4v) is 3.45. The summed E-state index contributed by atoms with van der Waals surface area (Å²) < 4.78 is 0.915. The standard InChI is InChI=1S/C15H16BrClOS/c1-15(2,3)13-7-6-12(19-13)14(18)10-8-9(16)4-5-11(10)17/h4-8,14,18H,1-3H3. The predicted molar refractivity (Wildman–Crippen MR) is 86.2 cm³/mol. The summed E-state index contributed by atoms with van der Waals surface area (Å²) in [4.78, 5) is 2.18. The number of hydrogen-bond acceptors (Lipinski definition) is 2. The Morgan fingerprint density at radius 2 is 1.89 bits per heavy atom. The van der Waals surface area contributed by atoms with Crippen molar-refractivity contribution in [1.82, 2.24) is 0 Å². The second-order valence-corrected chi connectivity index (χ2v) is 7.96. The SMILES string of the molecule is CC(C)(C)c1ccc(C(O)c2cc(Br)ccc2Cl)s1. The third-order valence-electron chi connectivity index (χ3n) is 2.89. The van der Waals surface area contributed by atoms with E-state index in [-0.39, 0.29) is 5.41 Å². The number of aliphatic hydroxyl groups excluding tert-OH is 1. The van der Waals surface area contributed by atoms with Gasteiger partial charge in [0.05, 0.1) is 0 Å². The van der Waals surface area contributed by atoms with Crippen molar-refractivity contribution in [3.8, 4) is 0 Å². The first-order valence-corrected chi connectivity index (χ1v) is 8.01. The summed E-state index contributed by atoms with van der Waals surface area (Å²) >= 11 is 11.2. The molecule has 1 aromatic heterocycles. The Hall–Kier alpha value is -0.350. The molecule has 0 fully saturated rings. The molecule has 0 saturated heterocycles. The molecule has 0 radical (unpaired) electrons. The van der Waals surface area contributed by atoms with Gasteiger partial charge in [0.15, 0.2) is 0 Å². The van der Waals surface area contributed by atoms with E-state index in [1.54, 1.807) is 17.4 Å². The van der Waals surface area contributed by atoms with Gasteiger partial charge < -0.3 is 5.11 Å². The van der Waals surface area contributed by atoms with Crippen LogP contribution in [0.2, 0.25) is 5.02 Å². The molecular formula is C15H16BrClOS. The van der Waals surface area contributed by atoms with Gasteiger partial charge in [0.25, 0.3) is 0 Å². The van der Waals surface area contributed by atoms with E-state index >= 15 is 0 Å². The fraction of sp³-hybridized carbons (Fsp3) is 0.333. The van der Waals surface area contributed by atoms with Crippen LogP contribution in [-0.2, 0) is 5.41 Å². The predicted octanol–water partition coefficient (Wildman–Crippen LogP) is 5.54. The van der Waals surface area contributed by atoms with Gasteiger partial charge in [-0.15, -0.1) is 11.3 Å². The Morgan fingerprint density at radius 3 is 2.47 bits per heavy atom. The highest BCUT2D eigenvalue weighted by atomic mass is 79.9. The van der Waals surface area contributed by atoms with Gasteiger partial charge in [0.1, 0.15) is 6.10 Å². The molecule has 2 rings (SSSR count). The number of thiophene rings is 1. The maximum atomic E-state index is 10.5. The summed E-state index contributed by atoms with van der Waals surface area (Å²) in [5.74, 6) is 0. The third-order valence-corrected chi connectivity index (χ3v) is 5.29. The molecule has 2 aromatic rings. The summed E-state index contributed by atoms with van der Waals surface area (Å²) in [6, 6.07) is 9.59. The lowest BCUT2D eigenvalue weighted by Crippen LogP contribution is -2.07. The van der Waals surface area contributed by atoms with E-state index in [9.17, 15) is 5.11 Å². The average molecular weight is 360 g/mol. The van der Waals surface area contributed by atoms with E-state index < -0.39 is 6.10 Å². The zero-order chi connectivity index (χ0) is 14.2. The van der Waals surface area contributed by atoms with Crippen LogP contribution in [0.15, 0.2) is 34.8 Å². The van der Waals surface area contributed by atoms with Crippen LogP contribution in [0.25, 0.3) is 0 Å². The number of rotatable bonds is 2. The van der Waals surface area contributed by atoms with E-state index in [1.807, 2.05) is 18.2 Å². The minimum absolute atomic E-state index is 0.101. The van der Waals surface area contributed by atoms with Crippen molar-refractivity contribution >= 4 is 38.9 Å². The van der Waals surface area contributed by atoms with Crippen molar-refractivity contribution < 1.29 is 5.11 Å². The van der Waals surface area contributed by atoms with Gasteiger partial charge in [-0.1, -0.05) is 48.3 Å². The van der Waals surface area contributed by atoms with Crippen molar-refractivity contribution in [1.29, 1.82) is 0 Å². The first-order valence-electron chi connectivity index (χ1n) is 6.02. The zero-order valence-electron chi connectivity index (χ0n) is 11.1. The molecule has 1 nitrogen and oxygen atoms in total. The van der Waals surface area contributed by atoms with Crippen molar-refractivity contribution in [2.24, 2.45) is 0 Å². The van der Waals surface area contributed by atoms with E-state index in [0.717, 1.165) is 14.9 Å². The molecule has 1 heterocycles. The summed E-state index contributed by atoms with van der Waals surface area (Å²) in [5, 5.41) is 11.1. The molecular weight excluding hydrogens is 344 g/mol. The van der Waals surface area contributed by atoms with Crippen LogP contribution in [0, 0.1) is 0 Å². The lowest BCUT2D eigenvalue weighted by Gasteiger charge is -2.16. The van der Waals surface area contributed by atoms with Gasteiger partial charge in [0.2, 0.25) is 0 Å². The van der Waals surface area contributed by atoms with Crippen molar-refractivity contribution in [2.75, 3.05) is 0 Å². The fourth-order valence-electron chi connectivity index (χ4n) is 1.78. The van der Waals surface area contributed by atoms with Crippen molar-refractivity contribution in [3.63, 3.8) is 0 Å². The lowest BCUT2D eigenvalue weighted by atomic mass is 9.95. The van der Waals surface area contributed by atoms with Crippen LogP contribution in [0.3, 0.4) is 0 Å². The topological polar surface area (TPSA) is 20.2 Å². The van der Waals surface area contributed by atoms with E-state index in [4.69, 9.17) is 11.6 Å². The molecule has 19 heavy (non-hydrogen) atoms. The van der Waals surface area contributed by atoms with Crippen LogP contribution < -0.4 is 0 Å². The summed E-state index contributed by atoms with van der Waals surface area (Å²) in [7, 11) is 0. The first kappa shape index (κ1) is 15.0. The Kier molecular flexibility index (Phi) is 4.41. The normalized spacial score (nSPS) is 13.6. The van der Waals surface area contributed by atoms with Crippen LogP contribution in [0.4, 0.5) is 0 Å². The largest absolute Gasteiger partial charge is 0.383 e. The maximum Gasteiger partial charge on any atom is 0.115 e. The van der Waals surface area contributed by atoms with Crippen molar-refractivity contribution in [3.05, 3.63) is 55.1 Å². The highest BCUT2D eigenvalue weighted by Crippen LogP contribution is 2.37. The number of halogens is 2. The van der Waals surface area contributed by atoms with Crippen LogP contribution in [0.1, 0.15) is 42.2 Å². The van der Waals surface area contributed by atoms with Crippen molar-refractivity contribution in [2.45, 2.75) is 32.3 Å². The van der Waals surface area contributed by atoms with Gasteiger partial charge in [-0.2, -0.15) is 0 Å². The van der Waals surface area contributed by atoms with Crippen LogP contribution in [-0.4, -0.2) is 5.11 Å². The van der Waals surface area contributed by atoms with Gasteiger partial charge in [-0.05, 0) is 35.7 Å². The number of hydrogen-bond donors (Lipinski definition) is 1. The lowest BCUT2D eigenvalue weighted by molar-refractivity contribution is 0.224. The minimum atomic E-state index is -0.675. The average Bonchev–Trinajstić information content (AvgIpc) is 2.80. The molecule has 1 N–H and O–H groups in total. The maximum absolute atomic E-state index is 10.5. The molecule has 4 heteroatoms. The minimum Gasteiger partial charge on any atom is -0.383 e. The van der Waals surface area contributed by atoms with Gasteiger partial charge >= 0.3 is 0 Å². The van der Waals surface area contributed by atoms with Gasteiger partial charge in [0, 0.05) is 24.8 Å². The number of benzene rings is 1. The molecule has 0 aliphatic heterocycles. The van der Waals surface area contributed by atoms with E-state index in [0.29, 0.717) is 5.02 Å². The third kappa shape index (κ3) is 3.40. The van der Waals surface area contributed by atoms with E-state index in [2.05, 4.69) is 42.8 Å². The molecule has 0 saturated carbocycles. The molecule has 0 aliphatic rings. The highest BCUT2D eigenvalue weighted by Gasteiger charge is 2.21. The van der Waals surface area contributed by atoms with Gasteiger partial charge in [-0.3, -0.25) is 0 Å². The Balaban J connectivity index is 2.36. The summed E-state index contributed by atoms with van der Waals surface area (Å²) in [5.41, 5.74) is 0.835. The molecule has 1 atom stereocenters. The van der Waals surface area contributed by atoms with Crippen LogP contribution in [0.5, 0.6) is 0 Å². The van der Waals surface area contributed by atoms with Crippen LogP contribution >= 0.6 is 38.9 Å². The highest BCUT2D eigenvalue weighted by molar-refractivity contribution is 9.10. The monoisotopic (exact) mass is 358 g/mol. The molecule has 0 bridgehead atoms. The van der Waals surface area contributed by atoms with E-state index in [1.165, 1.54) is 4.88 Å². The Bertz CT molecular complexity index is 586. The summed E-state index contributed by atoms with van der Waals surface area (Å²) in [6.07, 6.45) is -0.675.